The Hall–Kier alpha value is -3.56. The van der Waals surface area contributed by atoms with Gasteiger partial charge in [-0.1, -0.05) is 36.4 Å². The molecule has 0 radical (unpaired) electrons. The van der Waals surface area contributed by atoms with Crippen LogP contribution >= 0.6 is 0 Å². The van der Waals surface area contributed by atoms with Gasteiger partial charge in [0.05, 0.1) is 10.9 Å². The quantitative estimate of drug-likeness (QED) is 0.522. The van der Waals surface area contributed by atoms with Crippen LogP contribution in [0, 0.1) is 5.82 Å². The third kappa shape index (κ3) is 5.75. The second-order valence-electron chi connectivity index (χ2n) is 8.40. The fraction of sp³-hybridized carbons (Fsp3) is 0.231. The van der Waals surface area contributed by atoms with Crippen LogP contribution in [-0.2, 0) is 32.6 Å². The summed E-state index contributed by atoms with van der Waals surface area (Å²) in [5.74, 6) is -0.977. The summed E-state index contributed by atoms with van der Waals surface area (Å²) in [7, 11) is -3.93. The molecule has 0 saturated heterocycles. The molecule has 3 aromatic rings. The van der Waals surface area contributed by atoms with E-state index in [1.54, 1.807) is 12.1 Å². The standard InChI is InChI=1S/C26H26FN3O4S/c1-18(31)29-22-9-11-23(12-10-22)35(33,34)30-14-13-20-6-2-3-8-24(20)25(30)16-26(32)28-17-19-5-4-7-21(27)15-19/h2-12,15,25H,13-14,16-17H2,1H3,(H,28,32)(H,29,31)/t25-/m1/s1. The van der Waals surface area contributed by atoms with E-state index < -0.39 is 16.1 Å². The van der Waals surface area contributed by atoms with Gasteiger partial charge < -0.3 is 10.6 Å². The number of hydrogen-bond acceptors (Lipinski definition) is 4. The average Bonchev–Trinajstić information content (AvgIpc) is 2.83. The fourth-order valence-corrected chi connectivity index (χ4v) is 5.88. The Morgan fingerprint density at radius 1 is 1.03 bits per heavy atom. The molecule has 182 valence electrons. The number of fused-ring (bicyclic) bond motifs is 1. The van der Waals surface area contributed by atoms with Gasteiger partial charge >= 0.3 is 0 Å². The van der Waals surface area contributed by atoms with E-state index in [9.17, 15) is 22.4 Å². The summed E-state index contributed by atoms with van der Waals surface area (Å²) in [6, 6.07) is 18.7. The van der Waals surface area contributed by atoms with Crippen LogP contribution in [0.25, 0.3) is 0 Å². The van der Waals surface area contributed by atoms with E-state index in [0.717, 1.165) is 11.1 Å². The summed E-state index contributed by atoms with van der Waals surface area (Å²) >= 11 is 0. The van der Waals surface area contributed by atoms with Crippen LogP contribution in [-0.4, -0.2) is 31.1 Å². The third-order valence-corrected chi connectivity index (χ3v) is 7.82. The van der Waals surface area contributed by atoms with E-state index in [1.165, 1.54) is 47.6 Å². The molecule has 4 rings (SSSR count). The molecule has 3 aromatic carbocycles. The van der Waals surface area contributed by atoms with E-state index >= 15 is 0 Å². The maximum atomic E-state index is 13.6. The van der Waals surface area contributed by atoms with Gasteiger partial charge in [-0.3, -0.25) is 9.59 Å². The molecule has 0 aliphatic carbocycles. The first kappa shape index (κ1) is 24.6. The van der Waals surface area contributed by atoms with E-state index in [2.05, 4.69) is 10.6 Å². The van der Waals surface area contributed by atoms with Gasteiger partial charge in [0.1, 0.15) is 5.82 Å². The minimum atomic E-state index is -3.93. The number of carbonyl (C=O) groups is 2. The maximum absolute atomic E-state index is 13.6. The zero-order valence-electron chi connectivity index (χ0n) is 19.2. The monoisotopic (exact) mass is 495 g/mol. The first-order valence-electron chi connectivity index (χ1n) is 11.2. The lowest BCUT2D eigenvalue weighted by Crippen LogP contribution is -2.42. The van der Waals surface area contributed by atoms with Gasteiger partial charge in [-0.25, -0.2) is 12.8 Å². The van der Waals surface area contributed by atoms with Crippen LogP contribution in [0.15, 0.2) is 77.7 Å². The summed E-state index contributed by atoms with van der Waals surface area (Å²) in [6.45, 7) is 1.75. The first-order chi connectivity index (χ1) is 16.7. The first-order valence-corrected chi connectivity index (χ1v) is 12.7. The van der Waals surface area contributed by atoms with Crippen LogP contribution in [0.5, 0.6) is 0 Å². The molecule has 0 saturated carbocycles. The maximum Gasteiger partial charge on any atom is 0.243 e. The van der Waals surface area contributed by atoms with Crippen LogP contribution in [0.3, 0.4) is 0 Å². The summed E-state index contributed by atoms with van der Waals surface area (Å²) in [5.41, 5.74) is 2.90. The van der Waals surface area contributed by atoms with E-state index in [0.29, 0.717) is 17.7 Å². The highest BCUT2D eigenvalue weighted by atomic mass is 32.2. The van der Waals surface area contributed by atoms with Crippen molar-refractivity contribution in [2.75, 3.05) is 11.9 Å². The number of halogens is 1. The second-order valence-corrected chi connectivity index (χ2v) is 10.3. The average molecular weight is 496 g/mol. The normalized spacial score (nSPS) is 15.8. The van der Waals surface area contributed by atoms with Gasteiger partial charge in [0.2, 0.25) is 21.8 Å². The van der Waals surface area contributed by atoms with Crippen LogP contribution < -0.4 is 10.6 Å². The molecule has 0 bridgehead atoms. The van der Waals surface area contributed by atoms with Crippen molar-refractivity contribution in [1.29, 1.82) is 0 Å². The predicted molar refractivity (Wildman–Crippen MR) is 130 cm³/mol. The van der Waals surface area contributed by atoms with Crippen molar-refractivity contribution in [2.24, 2.45) is 0 Å². The number of nitrogens with one attached hydrogen (secondary N) is 2. The number of sulfonamides is 1. The van der Waals surface area contributed by atoms with E-state index in [-0.39, 0.29) is 42.0 Å². The fourth-order valence-electron chi connectivity index (χ4n) is 4.27. The van der Waals surface area contributed by atoms with Crippen molar-refractivity contribution >= 4 is 27.5 Å². The van der Waals surface area contributed by atoms with E-state index in [4.69, 9.17) is 0 Å². The highest BCUT2D eigenvalue weighted by Gasteiger charge is 2.37. The Morgan fingerprint density at radius 3 is 2.49 bits per heavy atom. The van der Waals surface area contributed by atoms with E-state index in [1.807, 2.05) is 24.3 Å². The summed E-state index contributed by atoms with van der Waals surface area (Å²) in [4.78, 5) is 24.2. The van der Waals surface area contributed by atoms with Crippen LogP contribution in [0.2, 0.25) is 0 Å². The molecule has 1 aliphatic rings. The Morgan fingerprint density at radius 2 is 1.77 bits per heavy atom. The number of rotatable bonds is 7. The van der Waals surface area contributed by atoms with Gasteiger partial charge in [-0.15, -0.1) is 0 Å². The number of amides is 2. The Kier molecular flexibility index (Phi) is 7.28. The number of benzene rings is 3. The molecule has 35 heavy (non-hydrogen) atoms. The summed E-state index contributed by atoms with van der Waals surface area (Å²) in [6.07, 6.45) is 0.455. The Balaban J connectivity index is 1.58. The zero-order chi connectivity index (χ0) is 25.0. The molecule has 2 amide bonds. The predicted octanol–water partition coefficient (Wildman–Crippen LogP) is 3.78. The molecular formula is C26H26FN3O4S. The topological polar surface area (TPSA) is 95.6 Å². The SMILES string of the molecule is CC(=O)Nc1ccc(S(=O)(=O)N2CCc3ccccc3[C@H]2CC(=O)NCc2cccc(F)c2)cc1. The van der Waals surface area contributed by atoms with Gasteiger partial charge in [-0.2, -0.15) is 4.31 Å². The Labute approximate surface area is 204 Å². The minimum absolute atomic E-state index is 0.0739. The zero-order valence-corrected chi connectivity index (χ0v) is 20.0. The van der Waals surface area contributed by atoms with Crippen molar-refractivity contribution in [1.82, 2.24) is 9.62 Å². The van der Waals surface area contributed by atoms with Crippen molar-refractivity contribution in [2.45, 2.75) is 37.2 Å². The molecule has 0 fully saturated rings. The molecule has 0 unspecified atom stereocenters. The summed E-state index contributed by atoms with van der Waals surface area (Å²) in [5, 5.41) is 5.39. The smallest absolute Gasteiger partial charge is 0.243 e. The lowest BCUT2D eigenvalue weighted by molar-refractivity contribution is -0.122. The highest BCUT2D eigenvalue weighted by molar-refractivity contribution is 7.89. The lowest BCUT2D eigenvalue weighted by Gasteiger charge is -2.36. The van der Waals surface area contributed by atoms with Gasteiger partial charge in [0.15, 0.2) is 0 Å². The molecule has 1 aliphatic heterocycles. The molecule has 0 aromatic heterocycles. The number of anilines is 1. The molecular weight excluding hydrogens is 469 g/mol. The van der Waals surface area contributed by atoms with Gasteiger partial charge in [0, 0.05) is 32.1 Å². The van der Waals surface area contributed by atoms with Crippen molar-refractivity contribution in [3.05, 3.63) is 95.3 Å². The number of hydrogen-bond donors (Lipinski definition) is 2. The second kappa shape index (κ2) is 10.4. The molecule has 0 spiro atoms. The number of nitrogens with zero attached hydrogens (tertiary/aromatic N) is 1. The molecule has 1 heterocycles. The lowest BCUT2D eigenvalue weighted by atomic mass is 9.92. The molecule has 1 atom stereocenters. The largest absolute Gasteiger partial charge is 0.352 e. The molecule has 9 heteroatoms. The summed E-state index contributed by atoms with van der Waals surface area (Å²) < 4.78 is 42.0. The van der Waals surface area contributed by atoms with Crippen molar-refractivity contribution < 1.29 is 22.4 Å². The van der Waals surface area contributed by atoms with Crippen molar-refractivity contribution in [3.8, 4) is 0 Å². The van der Waals surface area contributed by atoms with Crippen LogP contribution in [0.1, 0.15) is 36.1 Å². The van der Waals surface area contributed by atoms with Gasteiger partial charge in [-0.05, 0) is 59.5 Å². The number of carbonyl (C=O) groups excluding carboxylic acids is 2. The minimum Gasteiger partial charge on any atom is -0.352 e. The molecule has 2 N–H and O–H groups in total. The highest BCUT2D eigenvalue weighted by Crippen LogP contribution is 2.36. The van der Waals surface area contributed by atoms with Crippen molar-refractivity contribution in [3.63, 3.8) is 0 Å². The Bertz CT molecular complexity index is 1340. The molecule has 7 nitrogen and oxygen atoms in total. The van der Waals surface area contributed by atoms with Gasteiger partial charge in [0.25, 0.3) is 0 Å². The third-order valence-electron chi connectivity index (χ3n) is 5.90. The van der Waals surface area contributed by atoms with Crippen LogP contribution in [0.4, 0.5) is 10.1 Å².